The van der Waals surface area contributed by atoms with Gasteiger partial charge in [0.15, 0.2) is 5.76 Å². The molecule has 29 heavy (non-hydrogen) atoms. The zero-order valence-corrected chi connectivity index (χ0v) is 17.1. The lowest BCUT2D eigenvalue weighted by atomic mass is 9.99. The number of hydrogen-bond acceptors (Lipinski definition) is 8. The number of thiazole rings is 1. The van der Waals surface area contributed by atoms with E-state index in [1.807, 2.05) is 23.1 Å². The number of carbonyl (C=O) groups excluding carboxylic acids is 1. The number of carbonyl (C=O) groups is 1. The molecule has 0 unspecified atom stereocenters. The van der Waals surface area contributed by atoms with Gasteiger partial charge in [0.25, 0.3) is 11.1 Å². The van der Waals surface area contributed by atoms with Crippen molar-refractivity contribution in [3.63, 3.8) is 0 Å². The van der Waals surface area contributed by atoms with Crippen molar-refractivity contribution in [3.8, 4) is 11.7 Å². The maximum Gasteiger partial charge on any atom is 0.284 e. The van der Waals surface area contributed by atoms with E-state index in [4.69, 9.17) is 13.8 Å². The maximum absolute atomic E-state index is 12.7. The van der Waals surface area contributed by atoms with E-state index >= 15 is 0 Å². The van der Waals surface area contributed by atoms with Gasteiger partial charge in [0.05, 0.1) is 27.2 Å². The van der Waals surface area contributed by atoms with Gasteiger partial charge in [0.1, 0.15) is 0 Å². The standard InChI is InChI=1S/C20H18N4O3S2/c25-17(12-28-20-23-22-18(27-20)15-7-4-10-26-15)24-9-3-5-13(11-24)19-21-14-6-1-2-8-16(14)29-19/h1-2,4,6-8,10,13H,3,5,9,11-12H2/t13-/m0/s1. The molecule has 7 nitrogen and oxygen atoms in total. The fraction of sp³-hybridized carbons (Fsp3) is 0.300. The third-order valence-electron chi connectivity index (χ3n) is 4.89. The summed E-state index contributed by atoms with van der Waals surface area (Å²) in [5, 5.41) is 9.43. The smallest absolute Gasteiger partial charge is 0.284 e. The van der Waals surface area contributed by atoms with Crippen LogP contribution in [0.4, 0.5) is 0 Å². The molecule has 1 saturated heterocycles. The third kappa shape index (κ3) is 3.92. The molecule has 1 aliphatic heterocycles. The Morgan fingerprint density at radius 3 is 3.03 bits per heavy atom. The van der Waals surface area contributed by atoms with Gasteiger partial charge in [0.2, 0.25) is 5.91 Å². The quantitative estimate of drug-likeness (QED) is 0.436. The first-order chi connectivity index (χ1) is 14.3. The molecule has 1 aliphatic rings. The Morgan fingerprint density at radius 1 is 1.24 bits per heavy atom. The van der Waals surface area contributed by atoms with Crippen LogP contribution in [0.2, 0.25) is 0 Å². The predicted molar refractivity (Wildman–Crippen MR) is 111 cm³/mol. The highest BCUT2D eigenvalue weighted by Gasteiger charge is 2.27. The van der Waals surface area contributed by atoms with Crippen molar-refractivity contribution in [1.82, 2.24) is 20.1 Å². The van der Waals surface area contributed by atoms with E-state index < -0.39 is 0 Å². The SMILES string of the molecule is O=C(CSc1nnc(-c2ccco2)o1)N1CCC[C@H](c2nc3ccccc3s2)C1. The van der Waals surface area contributed by atoms with Crippen molar-refractivity contribution in [2.24, 2.45) is 0 Å². The zero-order valence-electron chi connectivity index (χ0n) is 15.5. The Hall–Kier alpha value is -2.65. The second kappa shape index (κ2) is 8.00. The molecule has 4 heterocycles. The Balaban J connectivity index is 1.21. The molecule has 4 aromatic rings. The van der Waals surface area contributed by atoms with E-state index in [9.17, 15) is 4.79 Å². The largest absolute Gasteiger partial charge is 0.459 e. The third-order valence-corrected chi connectivity index (χ3v) is 6.89. The number of thioether (sulfide) groups is 1. The van der Waals surface area contributed by atoms with Crippen LogP contribution in [0.25, 0.3) is 21.9 Å². The van der Waals surface area contributed by atoms with Gasteiger partial charge in [-0.2, -0.15) is 0 Å². The van der Waals surface area contributed by atoms with Gasteiger partial charge in [-0.1, -0.05) is 23.9 Å². The second-order valence-corrected chi connectivity index (χ2v) is 8.83. The lowest BCUT2D eigenvalue weighted by Crippen LogP contribution is -2.40. The van der Waals surface area contributed by atoms with Crippen LogP contribution in [-0.2, 0) is 4.79 Å². The molecule has 148 valence electrons. The highest BCUT2D eigenvalue weighted by molar-refractivity contribution is 7.99. The van der Waals surface area contributed by atoms with E-state index in [2.05, 4.69) is 16.3 Å². The molecule has 1 fully saturated rings. The second-order valence-electron chi connectivity index (χ2n) is 6.84. The molecule has 0 spiro atoms. The summed E-state index contributed by atoms with van der Waals surface area (Å²) in [5.41, 5.74) is 1.04. The summed E-state index contributed by atoms with van der Waals surface area (Å²) in [6.07, 6.45) is 3.60. The minimum atomic E-state index is 0.0820. The minimum absolute atomic E-state index is 0.0820. The molecule has 1 aromatic carbocycles. The number of nitrogens with zero attached hydrogens (tertiary/aromatic N) is 4. The van der Waals surface area contributed by atoms with Crippen LogP contribution in [0.15, 0.2) is 56.7 Å². The Labute approximate surface area is 175 Å². The van der Waals surface area contributed by atoms with Crippen molar-refractivity contribution in [2.45, 2.75) is 24.0 Å². The highest BCUT2D eigenvalue weighted by atomic mass is 32.2. The number of piperidine rings is 1. The van der Waals surface area contributed by atoms with Crippen molar-refractivity contribution >= 4 is 39.2 Å². The first-order valence-corrected chi connectivity index (χ1v) is 11.2. The fourth-order valence-corrected chi connectivity index (χ4v) is 5.21. The molecule has 0 radical (unpaired) electrons. The van der Waals surface area contributed by atoms with Crippen molar-refractivity contribution in [3.05, 3.63) is 47.7 Å². The molecule has 0 aliphatic carbocycles. The number of likely N-dealkylation sites (tertiary alicyclic amines) is 1. The number of aromatic nitrogens is 3. The molecule has 0 bridgehead atoms. The molecule has 1 atom stereocenters. The van der Waals surface area contributed by atoms with Crippen LogP contribution in [0.1, 0.15) is 23.8 Å². The van der Waals surface area contributed by atoms with E-state index in [0.29, 0.717) is 29.3 Å². The molecule has 0 saturated carbocycles. The van der Waals surface area contributed by atoms with Crippen molar-refractivity contribution in [2.75, 3.05) is 18.8 Å². The van der Waals surface area contributed by atoms with Gasteiger partial charge < -0.3 is 13.7 Å². The number of rotatable bonds is 5. The monoisotopic (exact) mass is 426 g/mol. The highest BCUT2D eigenvalue weighted by Crippen LogP contribution is 2.33. The summed E-state index contributed by atoms with van der Waals surface area (Å²) >= 11 is 2.99. The molecule has 9 heteroatoms. The first kappa shape index (κ1) is 18.4. The van der Waals surface area contributed by atoms with Crippen LogP contribution in [0.3, 0.4) is 0 Å². The van der Waals surface area contributed by atoms with Crippen LogP contribution in [-0.4, -0.2) is 44.8 Å². The molecule has 3 aromatic heterocycles. The minimum Gasteiger partial charge on any atom is -0.459 e. The van der Waals surface area contributed by atoms with Gasteiger partial charge in [-0.05, 0) is 37.1 Å². The first-order valence-electron chi connectivity index (χ1n) is 9.40. The topological polar surface area (TPSA) is 85.3 Å². The molecular formula is C20H18N4O3S2. The average molecular weight is 427 g/mol. The average Bonchev–Trinajstić information content (AvgIpc) is 3.52. The fourth-order valence-electron chi connectivity index (χ4n) is 3.45. The molecule has 5 rings (SSSR count). The summed E-state index contributed by atoms with van der Waals surface area (Å²) in [5.74, 6) is 1.48. The van der Waals surface area contributed by atoms with Crippen LogP contribution in [0.5, 0.6) is 0 Å². The molecule has 1 amide bonds. The van der Waals surface area contributed by atoms with Crippen LogP contribution >= 0.6 is 23.1 Å². The number of fused-ring (bicyclic) bond motifs is 1. The Kier molecular flexibility index (Phi) is 5.07. The summed E-state index contributed by atoms with van der Waals surface area (Å²) in [4.78, 5) is 19.4. The van der Waals surface area contributed by atoms with Crippen molar-refractivity contribution in [1.29, 1.82) is 0 Å². The Morgan fingerprint density at radius 2 is 2.17 bits per heavy atom. The Bertz CT molecular complexity index is 1090. The van der Waals surface area contributed by atoms with E-state index in [1.54, 1.807) is 29.7 Å². The molecule has 0 N–H and O–H groups in total. The van der Waals surface area contributed by atoms with E-state index in [1.165, 1.54) is 16.5 Å². The number of benzene rings is 1. The van der Waals surface area contributed by atoms with Crippen molar-refractivity contribution < 1.29 is 13.6 Å². The van der Waals surface area contributed by atoms with Gasteiger partial charge >= 0.3 is 0 Å². The zero-order chi connectivity index (χ0) is 19.6. The lowest BCUT2D eigenvalue weighted by molar-refractivity contribution is -0.129. The summed E-state index contributed by atoms with van der Waals surface area (Å²) in [7, 11) is 0. The van der Waals surface area contributed by atoms with E-state index in [0.717, 1.165) is 29.9 Å². The number of para-hydroxylation sites is 1. The van der Waals surface area contributed by atoms with Gasteiger partial charge in [-0.3, -0.25) is 4.79 Å². The molecular weight excluding hydrogens is 408 g/mol. The van der Waals surface area contributed by atoms with Crippen LogP contribution in [0, 0.1) is 0 Å². The lowest BCUT2D eigenvalue weighted by Gasteiger charge is -2.31. The summed E-state index contributed by atoms with van der Waals surface area (Å²) < 4.78 is 12.0. The normalized spacial score (nSPS) is 17.1. The van der Waals surface area contributed by atoms with Gasteiger partial charge in [-0.15, -0.1) is 21.5 Å². The predicted octanol–water partition coefficient (Wildman–Crippen LogP) is 4.44. The number of furan rings is 1. The van der Waals surface area contributed by atoms with Crippen LogP contribution < -0.4 is 0 Å². The van der Waals surface area contributed by atoms with Gasteiger partial charge in [-0.25, -0.2) is 4.98 Å². The van der Waals surface area contributed by atoms with Gasteiger partial charge in [0, 0.05) is 19.0 Å². The summed E-state index contributed by atoms with van der Waals surface area (Å²) in [6.45, 7) is 1.49. The number of hydrogen-bond donors (Lipinski definition) is 0. The van der Waals surface area contributed by atoms with E-state index in [-0.39, 0.29) is 11.7 Å². The maximum atomic E-state index is 12.7. The number of amides is 1. The summed E-state index contributed by atoms with van der Waals surface area (Å²) in [6, 6.07) is 11.7.